The molecule has 18 heavy (non-hydrogen) atoms. The maximum atomic E-state index is 6.33. The van der Waals surface area contributed by atoms with Gasteiger partial charge in [0.25, 0.3) is 0 Å². The Morgan fingerprint density at radius 1 is 1.28 bits per heavy atom. The first kappa shape index (κ1) is 14.1. The Morgan fingerprint density at radius 3 is 2.39 bits per heavy atom. The summed E-state index contributed by atoms with van der Waals surface area (Å²) in [5.41, 5.74) is 2.27. The van der Waals surface area contributed by atoms with Gasteiger partial charge in [0.1, 0.15) is 12.2 Å². The second kappa shape index (κ2) is 6.24. The summed E-state index contributed by atoms with van der Waals surface area (Å²) >= 11 is 9.83. The predicted octanol–water partition coefficient (Wildman–Crippen LogP) is 3.08. The van der Waals surface area contributed by atoms with Gasteiger partial charge in [-0.1, -0.05) is 39.7 Å². The van der Waals surface area contributed by atoms with Gasteiger partial charge in [0.15, 0.2) is 0 Å². The molecule has 0 saturated carbocycles. The van der Waals surface area contributed by atoms with E-state index < -0.39 is 0 Å². The number of hydrogen-bond donors (Lipinski definition) is 0. The topological polar surface area (TPSA) is 21.7 Å². The maximum absolute atomic E-state index is 6.33. The van der Waals surface area contributed by atoms with Gasteiger partial charge in [-0.3, -0.25) is 0 Å². The van der Waals surface area contributed by atoms with E-state index in [0.717, 1.165) is 29.1 Å². The van der Waals surface area contributed by atoms with E-state index in [1.54, 1.807) is 14.2 Å². The average molecular weight is 335 g/mol. The second-order valence-corrected chi connectivity index (χ2v) is 5.30. The standard InChI is InChI=1S/C13H17BrClNO2/c1-17-11-7-16(8-12(11)18-2)13-9(6-14)4-3-5-10(13)15/h3-5,11-12H,6-8H2,1-2H3. The molecule has 1 aliphatic heterocycles. The zero-order chi connectivity index (χ0) is 13.1. The minimum Gasteiger partial charge on any atom is -0.377 e. The molecule has 2 atom stereocenters. The van der Waals surface area contributed by atoms with Crippen LogP contribution < -0.4 is 4.90 Å². The third-order valence-electron chi connectivity index (χ3n) is 3.35. The highest BCUT2D eigenvalue weighted by Gasteiger charge is 2.34. The van der Waals surface area contributed by atoms with Crippen LogP contribution in [0.1, 0.15) is 5.56 Å². The van der Waals surface area contributed by atoms with Gasteiger partial charge >= 0.3 is 0 Å². The van der Waals surface area contributed by atoms with Crippen molar-refractivity contribution in [1.82, 2.24) is 0 Å². The maximum Gasteiger partial charge on any atom is 0.102 e. The highest BCUT2D eigenvalue weighted by molar-refractivity contribution is 9.08. The van der Waals surface area contributed by atoms with Crippen molar-refractivity contribution in [2.24, 2.45) is 0 Å². The molecule has 0 aromatic heterocycles. The number of methoxy groups -OCH3 is 2. The Bertz CT molecular complexity index is 404. The number of para-hydroxylation sites is 1. The quantitative estimate of drug-likeness (QED) is 0.790. The highest BCUT2D eigenvalue weighted by atomic mass is 79.9. The highest BCUT2D eigenvalue weighted by Crippen LogP contribution is 2.34. The van der Waals surface area contributed by atoms with Crippen LogP contribution in [0.5, 0.6) is 0 Å². The van der Waals surface area contributed by atoms with Crippen molar-refractivity contribution in [2.75, 3.05) is 32.2 Å². The predicted molar refractivity (Wildman–Crippen MR) is 77.9 cm³/mol. The molecule has 3 nitrogen and oxygen atoms in total. The van der Waals surface area contributed by atoms with Crippen molar-refractivity contribution in [3.8, 4) is 0 Å². The lowest BCUT2D eigenvalue weighted by molar-refractivity contribution is -0.00461. The molecule has 100 valence electrons. The number of rotatable bonds is 4. The Balaban J connectivity index is 2.28. The normalized spacial score (nSPS) is 23.7. The van der Waals surface area contributed by atoms with E-state index in [1.165, 1.54) is 5.56 Å². The fraction of sp³-hybridized carbons (Fsp3) is 0.538. The molecule has 1 heterocycles. The van der Waals surface area contributed by atoms with E-state index in [2.05, 4.69) is 26.9 Å². The van der Waals surface area contributed by atoms with Crippen LogP contribution in [0.3, 0.4) is 0 Å². The fourth-order valence-corrected chi connectivity index (χ4v) is 3.17. The van der Waals surface area contributed by atoms with Crippen molar-refractivity contribution in [1.29, 1.82) is 0 Å². The molecule has 1 fully saturated rings. The summed E-state index contributed by atoms with van der Waals surface area (Å²) in [5.74, 6) is 0. The number of halogens is 2. The average Bonchev–Trinajstić information content (AvgIpc) is 2.81. The van der Waals surface area contributed by atoms with Crippen molar-refractivity contribution in [3.05, 3.63) is 28.8 Å². The van der Waals surface area contributed by atoms with Gasteiger partial charge in [-0.15, -0.1) is 0 Å². The number of nitrogens with zero attached hydrogens (tertiary/aromatic N) is 1. The molecule has 1 saturated heterocycles. The van der Waals surface area contributed by atoms with E-state index in [0.29, 0.717) is 0 Å². The molecule has 0 radical (unpaired) electrons. The van der Waals surface area contributed by atoms with E-state index >= 15 is 0 Å². The van der Waals surface area contributed by atoms with Gasteiger partial charge in [0.05, 0.1) is 10.7 Å². The van der Waals surface area contributed by atoms with E-state index in [-0.39, 0.29) is 12.2 Å². The lowest BCUT2D eigenvalue weighted by Gasteiger charge is -2.22. The van der Waals surface area contributed by atoms with Crippen LogP contribution in [0.4, 0.5) is 5.69 Å². The summed E-state index contributed by atoms with van der Waals surface area (Å²) in [6.45, 7) is 1.61. The lowest BCUT2D eigenvalue weighted by Crippen LogP contribution is -2.27. The number of anilines is 1. The first-order valence-electron chi connectivity index (χ1n) is 5.85. The SMILES string of the molecule is COC1CN(c2c(Cl)cccc2CBr)CC1OC. The van der Waals surface area contributed by atoms with Gasteiger partial charge in [0.2, 0.25) is 0 Å². The van der Waals surface area contributed by atoms with Crippen LogP contribution in [0.25, 0.3) is 0 Å². The van der Waals surface area contributed by atoms with Gasteiger partial charge in [-0.05, 0) is 11.6 Å². The van der Waals surface area contributed by atoms with Crippen LogP contribution in [-0.2, 0) is 14.8 Å². The van der Waals surface area contributed by atoms with E-state index in [4.69, 9.17) is 21.1 Å². The summed E-state index contributed by atoms with van der Waals surface area (Å²) in [7, 11) is 3.44. The Hall–Kier alpha value is -0.290. The molecule has 0 bridgehead atoms. The Morgan fingerprint density at radius 2 is 1.89 bits per heavy atom. The molecule has 5 heteroatoms. The monoisotopic (exact) mass is 333 g/mol. The molecule has 2 rings (SSSR count). The van der Waals surface area contributed by atoms with Crippen LogP contribution >= 0.6 is 27.5 Å². The number of alkyl halides is 1. The molecule has 0 N–H and O–H groups in total. The number of ether oxygens (including phenoxy) is 2. The summed E-state index contributed by atoms with van der Waals surface area (Å²) < 4.78 is 10.9. The third kappa shape index (κ3) is 2.67. The van der Waals surface area contributed by atoms with Gasteiger partial charge in [-0.2, -0.15) is 0 Å². The van der Waals surface area contributed by atoms with Crippen molar-refractivity contribution in [2.45, 2.75) is 17.5 Å². The molecular formula is C13H17BrClNO2. The van der Waals surface area contributed by atoms with Crippen molar-refractivity contribution in [3.63, 3.8) is 0 Å². The first-order valence-corrected chi connectivity index (χ1v) is 7.35. The molecule has 0 amide bonds. The lowest BCUT2D eigenvalue weighted by atomic mass is 10.2. The van der Waals surface area contributed by atoms with Crippen LogP contribution in [0.15, 0.2) is 18.2 Å². The smallest absolute Gasteiger partial charge is 0.102 e. The largest absolute Gasteiger partial charge is 0.377 e. The first-order chi connectivity index (χ1) is 8.71. The van der Waals surface area contributed by atoms with Gasteiger partial charge in [0, 0.05) is 32.6 Å². The van der Waals surface area contributed by atoms with Crippen molar-refractivity contribution >= 4 is 33.2 Å². The van der Waals surface area contributed by atoms with Gasteiger partial charge in [-0.25, -0.2) is 0 Å². The zero-order valence-electron chi connectivity index (χ0n) is 10.5. The van der Waals surface area contributed by atoms with Crippen molar-refractivity contribution < 1.29 is 9.47 Å². The molecule has 0 aliphatic carbocycles. The van der Waals surface area contributed by atoms with Crippen LogP contribution in [0.2, 0.25) is 5.02 Å². The molecule has 1 aliphatic rings. The number of hydrogen-bond acceptors (Lipinski definition) is 3. The van der Waals surface area contributed by atoms with Crippen LogP contribution in [-0.4, -0.2) is 39.5 Å². The Labute approximate surface area is 121 Å². The van der Waals surface area contributed by atoms with Crippen LogP contribution in [0, 0.1) is 0 Å². The zero-order valence-corrected chi connectivity index (χ0v) is 12.9. The summed E-state index contributed by atoms with van der Waals surface area (Å²) in [4.78, 5) is 2.24. The van der Waals surface area contributed by atoms with E-state index in [1.807, 2.05) is 12.1 Å². The molecule has 1 aromatic rings. The molecular weight excluding hydrogens is 318 g/mol. The van der Waals surface area contributed by atoms with E-state index in [9.17, 15) is 0 Å². The summed E-state index contributed by atoms with van der Waals surface area (Å²) in [6.07, 6.45) is 0.184. The van der Waals surface area contributed by atoms with Gasteiger partial charge < -0.3 is 14.4 Å². The number of benzene rings is 1. The molecule has 1 aromatic carbocycles. The third-order valence-corrected chi connectivity index (χ3v) is 4.26. The fourth-order valence-electron chi connectivity index (χ4n) is 2.40. The Kier molecular flexibility index (Phi) is 4.90. The molecule has 0 spiro atoms. The summed E-state index contributed by atoms with van der Waals surface area (Å²) in [5, 5.41) is 1.56. The summed E-state index contributed by atoms with van der Waals surface area (Å²) in [6, 6.07) is 5.98. The minimum atomic E-state index is 0.0921. The molecule has 2 unspecified atom stereocenters. The minimum absolute atomic E-state index is 0.0921. The second-order valence-electron chi connectivity index (χ2n) is 4.33.